The summed E-state index contributed by atoms with van der Waals surface area (Å²) < 4.78 is 47.5. The Bertz CT molecular complexity index is 1680. The van der Waals surface area contributed by atoms with Gasteiger partial charge in [0.1, 0.15) is 24.0 Å². The smallest absolute Gasteiger partial charge is 0.434 e. The van der Waals surface area contributed by atoms with E-state index >= 15 is 0 Å². The molecule has 4 aromatic rings. The molecule has 0 saturated heterocycles. The number of rotatable bonds is 10. The number of aliphatic hydroxyl groups is 1. The fraction of sp³-hybridized carbons (Fsp3) is 0.484. The monoisotopic (exact) mass is 606 g/mol. The molecule has 4 saturated carbocycles. The van der Waals surface area contributed by atoms with Crippen LogP contribution in [0.3, 0.4) is 0 Å². The van der Waals surface area contributed by atoms with Crippen LogP contribution >= 0.6 is 0 Å². The van der Waals surface area contributed by atoms with E-state index in [-0.39, 0.29) is 29.4 Å². The molecule has 4 aliphatic rings. The summed E-state index contributed by atoms with van der Waals surface area (Å²) in [6.07, 6.45) is 4.09. The lowest BCUT2D eigenvalue weighted by atomic mass is 9.39. The van der Waals surface area contributed by atoms with Gasteiger partial charge in [0.15, 0.2) is 11.5 Å². The Kier molecular flexibility index (Phi) is 6.65. The molecule has 0 unspecified atom stereocenters. The van der Waals surface area contributed by atoms with E-state index in [0.717, 1.165) is 49.6 Å². The zero-order valence-corrected chi connectivity index (χ0v) is 24.7. The standard InChI is InChI=1S/C31H33F3N8O2/c1-18(2)41-11-22(31(32,33)34)39-26(41)21-6-4-19(5-7-21)10-42(30-12-29(13-30,14-30)15-43)28-38-17-36-25(40-28)23-24(20-8-9-20)35-16-37-27(23)44-3/h4-7,11,16-18,20,43H,8-10,12-15H2,1-3H3. The van der Waals surface area contributed by atoms with Gasteiger partial charge in [-0.25, -0.2) is 24.9 Å². The lowest BCUT2D eigenvalue weighted by Crippen LogP contribution is -2.76. The van der Waals surface area contributed by atoms with Gasteiger partial charge in [-0.15, -0.1) is 0 Å². The van der Waals surface area contributed by atoms with Gasteiger partial charge < -0.3 is 19.3 Å². The molecule has 10 nitrogen and oxygen atoms in total. The number of halogens is 3. The number of ether oxygens (including phenoxy) is 1. The number of nitrogens with zero attached hydrogens (tertiary/aromatic N) is 8. The third-order valence-electron chi connectivity index (χ3n) is 9.18. The molecule has 3 aromatic heterocycles. The molecule has 1 N–H and O–H groups in total. The fourth-order valence-corrected chi connectivity index (χ4v) is 6.87. The number of anilines is 1. The molecular weight excluding hydrogens is 573 g/mol. The zero-order chi connectivity index (χ0) is 30.9. The molecule has 0 radical (unpaired) electrons. The van der Waals surface area contributed by atoms with Crippen LogP contribution in [0.5, 0.6) is 5.88 Å². The van der Waals surface area contributed by atoms with Crippen molar-refractivity contribution in [3.8, 4) is 28.7 Å². The highest BCUT2D eigenvalue weighted by Crippen LogP contribution is 2.70. The van der Waals surface area contributed by atoms with Crippen LogP contribution in [0.15, 0.2) is 43.1 Å². The van der Waals surface area contributed by atoms with Crippen LogP contribution in [0.1, 0.15) is 74.9 Å². The van der Waals surface area contributed by atoms with Gasteiger partial charge in [-0.1, -0.05) is 24.3 Å². The number of hydrogen-bond acceptors (Lipinski definition) is 9. The predicted octanol–water partition coefficient (Wildman–Crippen LogP) is 5.60. The molecule has 230 valence electrons. The minimum Gasteiger partial charge on any atom is -0.480 e. The van der Waals surface area contributed by atoms with Crippen LogP contribution in [-0.4, -0.2) is 58.8 Å². The Hall–Kier alpha value is -4.13. The van der Waals surface area contributed by atoms with Crippen molar-refractivity contribution in [1.29, 1.82) is 0 Å². The molecular formula is C31H33F3N8O2. The summed E-state index contributed by atoms with van der Waals surface area (Å²) in [5.74, 6) is 1.95. The first-order chi connectivity index (χ1) is 21.0. The first kappa shape index (κ1) is 28.6. The highest BCUT2D eigenvalue weighted by molar-refractivity contribution is 5.67. The first-order valence-corrected chi connectivity index (χ1v) is 14.8. The third-order valence-corrected chi connectivity index (χ3v) is 9.18. The van der Waals surface area contributed by atoms with Crippen molar-refractivity contribution < 1.29 is 23.0 Å². The summed E-state index contributed by atoms with van der Waals surface area (Å²) in [5, 5.41) is 9.96. The summed E-state index contributed by atoms with van der Waals surface area (Å²) >= 11 is 0. The molecule has 3 heterocycles. The van der Waals surface area contributed by atoms with E-state index in [1.165, 1.54) is 12.7 Å². The molecule has 4 aliphatic carbocycles. The fourth-order valence-electron chi connectivity index (χ4n) is 6.87. The number of aliphatic hydroxyl groups excluding tert-OH is 1. The van der Waals surface area contributed by atoms with E-state index in [9.17, 15) is 18.3 Å². The second kappa shape index (κ2) is 10.2. The van der Waals surface area contributed by atoms with Crippen molar-refractivity contribution in [1.82, 2.24) is 34.5 Å². The summed E-state index contributed by atoms with van der Waals surface area (Å²) in [6, 6.07) is 7.23. The Balaban J connectivity index is 1.22. The summed E-state index contributed by atoms with van der Waals surface area (Å²) in [7, 11) is 1.56. The van der Waals surface area contributed by atoms with E-state index in [4.69, 9.17) is 9.72 Å². The number of imidazole rings is 1. The van der Waals surface area contributed by atoms with Crippen LogP contribution in [0, 0.1) is 5.41 Å². The molecule has 1 aromatic carbocycles. The van der Waals surface area contributed by atoms with Crippen LogP contribution in [0.4, 0.5) is 19.1 Å². The lowest BCUT2D eigenvalue weighted by molar-refractivity contribution is -0.163. The highest BCUT2D eigenvalue weighted by Gasteiger charge is 2.70. The van der Waals surface area contributed by atoms with Gasteiger partial charge in [-0.2, -0.15) is 18.2 Å². The van der Waals surface area contributed by atoms with E-state index in [1.807, 2.05) is 26.0 Å². The molecule has 0 aliphatic heterocycles. The Morgan fingerprint density at radius 2 is 1.73 bits per heavy atom. The van der Waals surface area contributed by atoms with Crippen LogP contribution in [0.2, 0.25) is 0 Å². The van der Waals surface area contributed by atoms with Crippen molar-refractivity contribution in [2.75, 3.05) is 18.6 Å². The molecule has 8 rings (SSSR count). The van der Waals surface area contributed by atoms with Crippen molar-refractivity contribution in [3.63, 3.8) is 0 Å². The minimum absolute atomic E-state index is 0.0578. The quantitative estimate of drug-likeness (QED) is 0.246. The molecule has 4 fully saturated rings. The maximum Gasteiger partial charge on any atom is 0.434 e. The molecule has 13 heteroatoms. The molecule has 44 heavy (non-hydrogen) atoms. The van der Waals surface area contributed by atoms with E-state index in [0.29, 0.717) is 41.2 Å². The van der Waals surface area contributed by atoms with Crippen molar-refractivity contribution in [3.05, 3.63) is 60.1 Å². The Morgan fingerprint density at radius 1 is 1.02 bits per heavy atom. The van der Waals surface area contributed by atoms with Crippen LogP contribution in [0.25, 0.3) is 22.8 Å². The average Bonchev–Trinajstić information content (AvgIpc) is 3.71. The van der Waals surface area contributed by atoms with Gasteiger partial charge in [0.25, 0.3) is 0 Å². The van der Waals surface area contributed by atoms with Crippen LogP contribution in [-0.2, 0) is 12.7 Å². The summed E-state index contributed by atoms with van der Waals surface area (Å²) in [5.41, 5.74) is 1.91. The molecule has 0 spiro atoms. The summed E-state index contributed by atoms with van der Waals surface area (Å²) in [4.78, 5) is 29.0. The van der Waals surface area contributed by atoms with Crippen molar-refractivity contribution in [2.24, 2.45) is 5.41 Å². The Labute approximate surface area is 252 Å². The largest absolute Gasteiger partial charge is 0.480 e. The average molecular weight is 607 g/mol. The second-order valence-electron chi connectivity index (χ2n) is 12.7. The zero-order valence-electron chi connectivity index (χ0n) is 24.7. The molecule has 0 atom stereocenters. The van der Waals surface area contributed by atoms with Gasteiger partial charge in [-0.05, 0) is 51.5 Å². The number of hydrogen-bond donors (Lipinski definition) is 1. The topological polar surface area (TPSA) is 115 Å². The maximum atomic E-state index is 13.5. The normalized spacial score (nSPS) is 22.5. The van der Waals surface area contributed by atoms with Gasteiger partial charge in [0.2, 0.25) is 11.8 Å². The molecule has 2 bridgehead atoms. The SMILES string of the molecule is COc1ncnc(C2CC2)c1-c1ncnc(N(Cc2ccc(-c3nc(C(F)(F)F)cn3C(C)C)cc2)C23CC(CO)(C2)C3)n1. The van der Waals surface area contributed by atoms with Gasteiger partial charge in [0.05, 0.1) is 12.8 Å². The second-order valence-corrected chi connectivity index (χ2v) is 12.7. The Morgan fingerprint density at radius 3 is 2.34 bits per heavy atom. The number of methoxy groups -OCH3 is 1. The van der Waals surface area contributed by atoms with Gasteiger partial charge in [0, 0.05) is 47.8 Å². The van der Waals surface area contributed by atoms with E-state index in [2.05, 4.69) is 29.8 Å². The lowest BCUT2D eigenvalue weighted by Gasteiger charge is -2.73. The van der Waals surface area contributed by atoms with Gasteiger partial charge >= 0.3 is 6.18 Å². The predicted molar refractivity (Wildman–Crippen MR) is 155 cm³/mol. The first-order valence-electron chi connectivity index (χ1n) is 14.8. The summed E-state index contributed by atoms with van der Waals surface area (Å²) in [6.45, 7) is 4.27. The van der Waals surface area contributed by atoms with Crippen LogP contribution < -0.4 is 9.64 Å². The number of aromatic nitrogens is 7. The number of alkyl halides is 3. The third kappa shape index (κ3) is 4.77. The van der Waals surface area contributed by atoms with Crippen molar-refractivity contribution in [2.45, 2.75) is 76.2 Å². The molecule has 0 amide bonds. The van der Waals surface area contributed by atoms with E-state index in [1.54, 1.807) is 23.8 Å². The highest BCUT2D eigenvalue weighted by atomic mass is 19.4. The van der Waals surface area contributed by atoms with E-state index < -0.39 is 11.9 Å². The van der Waals surface area contributed by atoms with Crippen molar-refractivity contribution >= 4 is 5.95 Å². The minimum atomic E-state index is -4.53. The number of benzene rings is 1. The van der Waals surface area contributed by atoms with Gasteiger partial charge in [-0.3, -0.25) is 0 Å². The maximum absolute atomic E-state index is 13.5.